The molecule has 0 aliphatic carbocycles. The number of fused-ring (bicyclic) bond motifs is 1. The maximum atomic E-state index is 12.8. The summed E-state index contributed by atoms with van der Waals surface area (Å²) in [6, 6.07) is 0. The van der Waals surface area contributed by atoms with Crippen LogP contribution >= 0.6 is 0 Å². The minimum absolute atomic E-state index is 0.0377. The average molecular weight is 313 g/mol. The van der Waals surface area contributed by atoms with Crippen LogP contribution in [-0.2, 0) is 20.0 Å². The normalized spacial score (nSPS) is 13.8. The van der Waals surface area contributed by atoms with Gasteiger partial charge in [0, 0.05) is 19.2 Å². The Morgan fingerprint density at radius 3 is 2.57 bits per heavy atom. The molecule has 1 amide bonds. The van der Waals surface area contributed by atoms with E-state index in [9.17, 15) is 9.59 Å². The number of carbonyl (C=O) groups is 1. The first-order valence-corrected chi connectivity index (χ1v) is 7.53. The molecule has 3 heterocycles. The van der Waals surface area contributed by atoms with E-state index in [1.807, 2.05) is 13.8 Å². The van der Waals surface area contributed by atoms with Gasteiger partial charge in [0.25, 0.3) is 11.5 Å². The fourth-order valence-corrected chi connectivity index (χ4v) is 2.76. The molecule has 0 fully saturated rings. The van der Waals surface area contributed by atoms with E-state index in [0.29, 0.717) is 42.2 Å². The molecule has 7 heteroatoms. The van der Waals surface area contributed by atoms with Gasteiger partial charge in [-0.25, -0.2) is 9.97 Å². The van der Waals surface area contributed by atoms with E-state index in [0.717, 1.165) is 11.4 Å². The van der Waals surface area contributed by atoms with Crippen LogP contribution in [0.2, 0.25) is 0 Å². The summed E-state index contributed by atoms with van der Waals surface area (Å²) in [6.45, 7) is 6.33. The van der Waals surface area contributed by atoms with Gasteiger partial charge in [-0.05, 0) is 27.2 Å². The maximum Gasteiger partial charge on any atom is 0.274 e. The molecular weight excluding hydrogens is 294 g/mol. The Labute approximate surface area is 134 Å². The van der Waals surface area contributed by atoms with Crippen LogP contribution in [-0.4, -0.2) is 36.9 Å². The van der Waals surface area contributed by atoms with E-state index in [1.165, 1.54) is 10.9 Å². The van der Waals surface area contributed by atoms with Gasteiger partial charge in [-0.1, -0.05) is 0 Å². The van der Waals surface area contributed by atoms with Crippen LogP contribution in [0.3, 0.4) is 0 Å². The standard InChI is InChI=1S/C16H19N5O2/c1-9-10(2)19-14(11(3)18-9)16(23)21-6-5-12-13(7-21)17-8-20(4)15(12)22/h8H,5-7H2,1-4H3. The Balaban J connectivity index is 1.92. The van der Waals surface area contributed by atoms with Crippen LogP contribution in [0, 0.1) is 20.8 Å². The summed E-state index contributed by atoms with van der Waals surface area (Å²) in [5.41, 5.74) is 3.91. The van der Waals surface area contributed by atoms with Crippen molar-refractivity contribution in [3.8, 4) is 0 Å². The highest BCUT2D eigenvalue weighted by Gasteiger charge is 2.27. The van der Waals surface area contributed by atoms with E-state index in [1.54, 1.807) is 18.9 Å². The van der Waals surface area contributed by atoms with Gasteiger partial charge in [-0.2, -0.15) is 0 Å². The van der Waals surface area contributed by atoms with Gasteiger partial charge in [0.1, 0.15) is 5.69 Å². The lowest BCUT2D eigenvalue weighted by Gasteiger charge is -2.28. The summed E-state index contributed by atoms with van der Waals surface area (Å²) in [4.78, 5) is 39.6. The Hall–Kier alpha value is -2.57. The molecule has 0 N–H and O–H groups in total. The first-order chi connectivity index (χ1) is 10.9. The molecule has 2 aromatic heterocycles. The van der Waals surface area contributed by atoms with Crippen LogP contribution in [0.4, 0.5) is 0 Å². The fourth-order valence-electron chi connectivity index (χ4n) is 2.76. The third kappa shape index (κ3) is 2.62. The zero-order chi connectivity index (χ0) is 16.7. The summed E-state index contributed by atoms with van der Waals surface area (Å²) in [5.74, 6) is -0.161. The van der Waals surface area contributed by atoms with Crippen LogP contribution in [0.15, 0.2) is 11.1 Å². The molecule has 120 valence electrons. The predicted octanol–water partition coefficient (Wildman–Crippen LogP) is 0.694. The summed E-state index contributed by atoms with van der Waals surface area (Å²) in [7, 11) is 1.68. The van der Waals surface area contributed by atoms with Crippen LogP contribution in [0.25, 0.3) is 0 Å². The monoisotopic (exact) mass is 313 g/mol. The van der Waals surface area contributed by atoms with E-state index in [2.05, 4.69) is 15.0 Å². The number of amides is 1. The predicted molar refractivity (Wildman–Crippen MR) is 84.2 cm³/mol. The second-order valence-electron chi connectivity index (χ2n) is 5.89. The molecule has 1 aliphatic heterocycles. The summed E-state index contributed by atoms with van der Waals surface area (Å²) >= 11 is 0. The molecule has 0 aromatic carbocycles. The van der Waals surface area contributed by atoms with E-state index < -0.39 is 0 Å². The van der Waals surface area contributed by atoms with Crippen molar-refractivity contribution in [3.05, 3.63) is 50.7 Å². The van der Waals surface area contributed by atoms with Gasteiger partial charge in [-0.3, -0.25) is 14.6 Å². The van der Waals surface area contributed by atoms with Gasteiger partial charge in [0.2, 0.25) is 0 Å². The largest absolute Gasteiger partial charge is 0.331 e. The number of rotatable bonds is 1. The zero-order valence-corrected chi connectivity index (χ0v) is 13.8. The summed E-state index contributed by atoms with van der Waals surface area (Å²) in [6.07, 6.45) is 2.01. The van der Waals surface area contributed by atoms with Crippen molar-refractivity contribution in [2.24, 2.45) is 7.05 Å². The number of hydrogen-bond acceptors (Lipinski definition) is 5. The molecule has 2 aromatic rings. The molecule has 3 rings (SSSR count). The number of aromatic nitrogens is 4. The van der Waals surface area contributed by atoms with Gasteiger partial charge < -0.3 is 9.47 Å². The van der Waals surface area contributed by atoms with Crippen molar-refractivity contribution < 1.29 is 4.79 Å². The van der Waals surface area contributed by atoms with Crippen molar-refractivity contribution >= 4 is 5.91 Å². The van der Waals surface area contributed by atoms with E-state index >= 15 is 0 Å². The highest BCUT2D eigenvalue weighted by atomic mass is 16.2. The number of nitrogens with zero attached hydrogens (tertiary/aromatic N) is 5. The molecule has 0 unspecified atom stereocenters. The Morgan fingerprint density at radius 2 is 1.83 bits per heavy atom. The number of carbonyl (C=O) groups excluding carboxylic acids is 1. The molecule has 0 saturated carbocycles. The second-order valence-corrected chi connectivity index (χ2v) is 5.89. The molecule has 23 heavy (non-hydrogen) atoms. The molecule has 0 atom stereocenters. The third-order valence-corrected chi connectivity index (χ3v) is 4.26. The molecular formula is C16H19N5O2. The first kappa shape index (κ1) is 15.3. The highest BCUT2D eigenvalue weighted by Crippen LogP contribution is 2.17. The molecule has 0 radical (unpaired) electrons. The molecule has 0 saturated heterocycles. The minimum Gasteiger partial charge on any atom is -0.331 e. The third-order valence-electron chi connectivity index (χ3n) is 4.26. The van der Waals surface area contributed by atoms with Gasteiger partial charge >= 0.3 is 0 Å². The summed E-state index contributed by atoms with van der Waals surface area (Å²) in [5, 5.41) is 0. The highest BCUT2D eigenvalue weighted by molar-refractivity contribution is 5.93. The molecule has 0 bridgehead atoms. The molecule has 7 nitrogen and oxygen atoms in total. The Bertz CT molecular complexity index is 856. The van der Waals surface area contributed by atoms with Gasteiger partial charge in [-0.15, -0.1) is 0 Å². The van der Waals surface area contributed by atoms with Gasteiger partial charge in [0.05, 0.1) is 35.6 Å². The topological polar surface area (TPSA) is 81.0 Å². The average Bonchev–Trinajstić information content (AvgIpc) is 2.53. The minimum atomic E-state index is -0.161. The van der Waals surface area contributed by atoms with Crippen molar-refractivity contribution in [3.63, 3.8) is 0 Å². The maximum absolute atomic E-state index is 12.8. The number of aryl methyl sites for hydroxylation is 4. The second kappa shape index (κ2) is 5.57. The van der Waals surface area contributed by atoms with Crippen LogP contribution < -0.4 is 5.56 Å². The number of hydrogen-bond donors (Lipinski definition) is 0. The van der Waals surface area contributed by atoms with Crippen molar-refractivity contribution in [1.29, 1.82) is 0 Å². The summed E-state index contributed by atoms with van der Waals surface area (Å²) < 4.78 is 1.47. The zero-order valence-electron chi connectivity index (χ0n) is 13.8. The fraction of sp³-hybridized carbons (Fsp3) is 0.438. The van der Waals surface area contributed by atoms with Crippen molar-refractivity contribution in [2.45, 2.75) is 33.7 Å². The SMILES string of the molecule is Cc1nc(C)c(C(=O)N2CCc3c(ncn(C)c3=O)C2)nc1C. The Morgan fingerprint density at radius 1 is 1.13 bits per heavy atom. The lowest BCUT2D eigenvalue weighted by molar-refractivity contribution is 0.0723. The van der Waals surface area contributed by atoms with E-state index in [-0.39, 0.29) is 11.5 Å². The smallest absolute Gasteiger partial charge is 0.274 e. The van der Waals surface area contributed by atoms with Crippen molar-refractivity contribution in [2.75, 3.05) is 6.54 Å². The van der Waals surface area contributed by atoms with Crippen LogP contribution in [0.5, 0.6) is 0 Å². The molecule has 1 aliphatic rings. The first-order valence-electron chi connectivity index (χ1n) is 7.53. The lowest BCUT2D eigenvalue weighted by atomic mass is 10.1. The van der Waals surface area contributed by atoms with Crippen LogP contribution in [0.1, 0.15) is 38.8 Å². The lowest BCUT2D eigenvalue weighted by Crippen LogP contribution is -2.40. The Kier molecular flexibility index (Phi) is 3.71. The van der Waals surface area contributed by atoms with Crippen molar-refractivity contribution in [1.82, 2.24) is 24.4 Å². The molecule has 0 spiro atoms. The quantitative estimate of drug-likeness (QED) is 0.774. The van der Waals surface area contributed by atoms with E-state index in [4.69, 9.17) is 0 Å². The van der Waals surface area contributed by atoms with Gasteiger partial charge in [0.15, 0.2) is 0 Å².